The van der Waals surface area contributed by atoms with E-state index in [4.69, 9.17) is 16.7 Å². The highest BCUT2D eigenvalue weighted by molar-refractivity contribution is 6.30. The monoisotopic (exact) mass is 243 g/mol. The fourth-order valence-corrected chi connectivity index (χ4v) is 1.68. The summed E-state index contributed by atoms with van der Waals surface area (Å²) in [5.74, 6) is 0.879. The number of hydrogen-bond donors (Lipinski definition) is 1. The van der Waals surface area contributed by atoms with Gasteiger partial charge in [0.1, 0.15) is 17.3 Å². The predicted octanol–water partition coefficient (Wildman–Crippen LogP) is 2.04. The van der Waals surface area contributed by atoms with Crippen LogP contribution >= 0.6 is 11.6 Å². The molecule has 0 aliphatic heterocycles. The Morgan fingerprint density at radius 2 is 2.06 bits per heavy atom. The minimum absolute atomic E-state index is 0.266. The summed E-state index contributed by atoms with van der Waals surface area (Å²) in [4.78, 5) is 10.2. The highest BCUT2D eigenvalue weighted by Gasteiger charge is 2.08. The molecule has 0 aliphatic carbocycles. The second kappa shape index (κ2) is 6.66. The molecule has 0 saturated carbocycles. The first-order chi connectivity index (χ1) is 7.66. The van der Waals surface area contributed by atoms with Crippen molar-refractivity contribution in [1.29, 1.82) is 0 Å². The SMILES string of the molecule is Cc1c(Cl)ncnc1N(C)CCCCCO. The van der Waals surface area contributed by atoms with Crippen molar-refractivity contribution in [3.05, 3.63) is 17.0 Å². The van der Waals surface area contributed by atoms with Crippen molar-refractivity contribution in [2.75, 3.05) is 25.1 Å². The van der Waals surface area contributed by atoms with Crippen LogP contribution in [-0.4, -0.2) is 35.3 Å². The Labute approximate surface area is 101 Å². The number of anilines is 1. The molecule has 1 N–H and O–H groups in total. The second-order valence-corrected chi connectivity index (χ2v) is 4.18. The normalized spacial score (nSPS) is 10.5. The molecule has 0 saturated heterocycles. The van der Waals surface area contributed by atoms with Gasteiger partial charge in [-0.3, -0.25) is 0 Å². The molecule has 90 valence electrons. The molecule has 1 heterocycles. The fourth-order valence-electron chi connectivity index (χ4n) is 1.55. The van der Waals surface area contributed by atoms with Crippen molar-refractivity contribution in [1.82, 2.24) is 9.97 Å². The molecule has 0 unspecified atom stereocenters. The smallest absolute Gasteiger partial charge is 0.137 e. The zero-order chi connectivity index (χ0) is 12.0. The fraction of sp³-hybridized carbons (Fsp3) is 0.636. The van der Waals surface area contributed by atoms with Gasteiger partial charge in [0, 0.05) is 25.8 Å². The van der Waals surface area contributed by atoms with Gasteiger partial charge >= 0.3 is 0 Å². The lowest BCUT2D eigenvalue weighted by atomic mass is 10.2. The Morgan fingerprint density at radius 3 is 2.75 bits per heavy atom. The maximum atomic E-state index is 8.68. The molecular weight excluding hydrogens is 226 g/mol. The highest BCUT2D eigenvalue weighted by Crippen LogP contribution is 2.21. The summed E-state index contributed by atoms with van der Waals surface area (Å²) in [6.45, 7) is 3.10. The van der Waals surface area contributed by atoms with Crippen molar-refractivity contribution in [2.45, 2.75) is 26.2 Å². The summed E-state index contributed by atoms with van der Waals surface area (Å²) in [7, 11) is 1.99. The van der Waals surface area contributed by atoms with Crippen LogP contribution in [0.2, 0.25) is 5.15 Å². The molecule has 0 amide bonds. The molecule has 0 aromatic carbocycles. The summed E-state index contributed by atoms with van der Waals surface area (Å²) in [5, 5.41) is 9.18. The Morgan fingerprint density at radius 1 is 1.31 bits per heavy atom. The molecule has 4 nitrogen and oxygen atoms in total. The van der Waals surface area contributed by atoms with E-state index in [-0.39, 0.29) is 6.61 Å². The third-order valence-corrected chi connectivity index (χ3v) is 2.89. The number of unbranched alkanes of at least 4 members (excludes halogenated alkanes) is 2. The predicted molar refractivity (Wildman–Crippen MR) is 66.0 cm³/mol. The molecule has 1 aromatic rings. The third kappa shape index (κ3) is 3.61. The zero-order valence-electron chi connectivity index (χ0n) is 9.78. The van der Waals surface area contributed by atoms with Crippen molar-refractivity contribution in [3.8, 4) is 0 Å². The average molecular weight is 244 g/mol. The highest BCUT2D eigenvalue weighted by atomic mass is 35.5. The van der Waals surface area contributed by atoms with Gasteiger partial charge in [0.25, 0.3) is 0 Å². The number of nitrogens with zero attached hydrogens (tertiary/aromatic N) is 3. The average Bonchev–Trinajstić information content (AvgIpc) is 2.28. The van der Waals surface area contributed by atoms with Crippen LogP contribution in [0.25, 0.3) is 0 Å². The third-order valence-electron chi connectivity index (χ3n) is 2.51. The van der Waals surface area contributed by atoms with Gasteiger partial charge in [-0.1, -0.05) is 11.6 Å². The molecule has 0 aliphatic rings. The van der Waals surface area contributed by atoms with Gasteiger partial charge in [0.2, 0.25) is 0 Å². The van der Waals surface area contributed by atoms with Gasteiger partial charge in [-0.05, 0) is 26.2 Å². The van der Waals surface area contributed by atoms with E-state index in [1.165, 1.54) is 6.33 Å². The summed E-state index contributed by atoms with van der Waals surface area (Å²) in [6, 6.07) is 0. The summed E-state index contributed by atoms with van der Waals surface area (Å²) in [6.07, 6.45) is 4.41. The van der Waals surface area contributed by atoms with Gasteiger partial charge in [-0.25, -0.2) is 9.97 Å². The Balaban J connectivity index is 2.52. The zero-order valence-corrected chi connectivity index (χ0v) is 10.5. The van der Waals surface area contributed by atoms with E-state index >= 15 is 0 Å². The number of hydrogen-bond acceptors (Lipinski definition) is 4. The number of aliphatic hydroxyl groups is 1. The molecule has 0 fully saturated rings. The maximum absolute atomic E-state index is 8.68. The van der Waals surface area contributed by atoms with E-state index in [2.05, 4.69) is 14.9 Å². The number of rotatable bonds is 6. The van der Waals surface area contributed by atoms with Crippen molar-refractivity contribution < 1.29 is 5.11 Å². The summed E-state index contributed by atoms with van der Waals surface area (Å²) in [5.41, 5.74) is 0.911. The lowest BCUT2D eigenvalue weighted by Gasteiger charge is -2.19. The molecular formula is C11H18ClN3O. The molecule has 0 bridgehead atoms. The van der Waals surface area contributed by atoms with Crippen LogP contribution < -0.4 is 4.90 Å². The first-order valence-electron chi connectivity index (χ1n) is 5.46. The Hall–Kier alpha value is -0.870. The van der Waals surface area contributed by atoms with Crippen molar-refractivity contribution >= 4 is 17.4 Å². The van der Waals surface area contributed by atoms with E-state index in [1.807, 2.05) is 14.0 Å². The van der Waals surface area contributed by atoms with Gasteiger partial charge in [0.05, 0.1) is 0 Å². The second-order valence-electron chi connectivity index (χ2n) is 3.82. The van der Waals surface area contributed by atoms with Gasteiger partial charge < -0.3 is 10.0 Å². The minimum atomic E-state index is 0.266. The molecule has 0 radical (unpaired) electrons. The first kappa shape index (κ1) is 13.2. The van der Waals surface area contributed by atoms with Gasteiger partial charge in [0.15, 0.2) is 0 Å². The Kier molecular flexibility index (Phi) is 5.49. The van der Waals surface area contributed by atoms with Gasteiger partial charge in [-0.2, -0.15) is 0 Å². The lowest BCUT2D eigenvalue weighted by Crippen LogP contribution is -2.21. The molecule has 1 rings (SSSR count). The van der Waals surface area contributed by atoms with E-state index in [0.29, 0.717) is 5.15 Å². The number of halogens is 1. The standard InChI is InChI=1S/C11H18ClN3O/c1-9-10(12)13-8-14-11(9)15(2)6-4-3-5-7-16/h8,16H,3-7H2,1-2H3. The lowest BCUT2D eigenvalue weighted by molar-refractivity contribution is 0.283. The topological polar surface area (TPSA) is 49.2 Å². The van der Waals surface area contributed by atoms with E-state index in [0.717, 1.165) is 37.2 Å². The molecule has 0 spiro atoms. The summed E-state index contributed by atoms with van der Waals surface area (Å²) >= 11 is 5.93. The van der Waals surface area contributed by atoms with Crippen LogP contribution in [0.15, 0.2) is 6.33 Å². The van der Waals surface area contributed by atoms with Crippen molar-refractivity contribution in [3.63, 3.8) is 0 Å². The first-order valence-corrected chi connectivity index (χ1v) is 5.83. The molecule has 0 atom stereocenters. The molecule has 5 heteroatoms. The van der Waals surface area contributed by atoms with Crippen molar-refractivity contribution in [2.24, 2.45) is 0 Å². The van der Waals surface area contributed by atoms with Crippen LogP contribution in [0.3, 0.4) is 0 Å². The van der Waals surface area contributed by atoms with E-state index in [1.54, 1.807) is 0 Å². The maximum Gasteiger partial charge on any atom is 0.137 e. The van der Waals surface area contributed by atoms with Crippen LogP contribution in [0.5, 0.6) is 0 Å². The molecule has 1 aromatic heterocycles. The Bertz CT molecular complexity index is 333. The molecule has 16 heavy (non-hydrogen) atoms. The van der Waals surface area contributed by atoms with Crippen LogP contribution in [-0.2, 0) is 0 Å². The van der Waals surface area contributed by atoms with Crippen LogP contribution in [0, 0.1) is 6.92 Å². The van der Waals surface area contributed by atoms with Crippen LogP contribution in [0.4, 0.5) is 5.82 Å². The van der Waals surface area contributed by atoms with Gasteiger partial charge in [-0.15, -0.1) is 0 Å². The van der Waals surface area contributed by atoms with Crippen LogP contribution in [0.1, 0.15) is 24.8 Å². The minimum Gasteiger partial charge on any atom is -0.396 e. The number of aliphatic hydroxyl groups excluding tert-OH is 1. The quantitative estimate of drug-likeness (QED) is 0.614. The van der Waals surface area contributed by atoms with E-state index < -0.39 is 0 Å². The van der Waals surface area contributed by atoms with E-state index in [9.17, 15) is 0 Å². The number of aromatic nitrogens is 2. The largest absolute Gasteiger partial charge is 0.396 e. The summed E-state index contributed by atoms with van der Waals surface area (Å²) < 4.78 is 0.